The lowest BCUT2D eigenvalue weighted by Crippen LogP contribution is -2.51. The topological polar surface area (TPSA) is 87.7 Å². The molecule has 0 aromatic heterocycles. The van der Waals surface area contributed by atoms with E-state index in [2.05, 4.69) is 10.6 Å². The van der Waals surface area contributed by atoms with Gasteiger partial charge in [-0.05, 0) is 58.7 Å². The molecule has 1 aliphatic heterocycles. The number of halogens is 1. The second-order valence-corrected chi connectivity index (χ2v) is 8.33. The van der Waals surface area contributed by atoms with E-state index >= 15 is 0 Å². The molecule has 2 N–H and O–H groups in total. The second-order valence-electron chi connectivity index (χ2n) is 7.93. The van der Waals surface area contributed by atoms with Gasteiger partial charge in [-0.15, -0.1) is 0 Å². The quantitative estimate of drug-likeness (QED) is 0.797. The molecule has 154 valence electrons. The number of carbonyl (C=O) groups is 3. The van der Waals surface area contributed by atoms with Crippen LogP contribution in [-0.2, 0) is 9.53 Å². The summed E-state index contributed by atoms with van der Waals surface area (Å²) in [6, 6.07) is 4.45. The maximum Gasteiger partial charge on any atom is 0.410 e. The largest absolute Gasteiger partial charge is 0.444 e. The number of amides is 3. The number of rotatable bonds is 3. The molecule has 1 fully saturated rings. The maximum atomic E-state index is 12.8. The summed E-state index contributed by atoms with van der Waals surface area (Å²) in [6.45, 7) is 7.86. The fourth-order valence-electron chi connectivity index (χ4n) is 3.22. The Hall–Kier alpha value is -2.28. The van der Waals surface area contributed by atoms with E-state index in [1.807, 2.05) is 27.7 Å². The standard InChI is InChI=1S/C20H28ClN3O4/c1-12-14(7-6-10-24(12)19(27)28-20(2,3)4)18(26)23-13-8-9-15(16(21)11-13)17(25)22-5/h8-9,11-12,14H,6-7,10H2,1-5H3,(H,22,25)(H,23,26)/t12-,14+/m0/s1. The molecule has 7 nitrogen and oxygen atoms in total. The average Bonchev–Trinajstić information content (AvgIpc) is 2.59. The summed E-state index contributed by atoms with van der Waals surface area (Å²) in [7, 11) is 1.52. The molecule has 2 atom stereocenters. The van der Waals surface area contributed by atoms with E-state index in [-0.39, 0.29) is 28.8 Å². The number of benzene rings is 1. The van der Waals surface area contributed by atoms with Crippen molar-refractivity contribution in [3.05, 3.63) is 28.8 Å². The Morgan fingerprint density at radius 1 is 1.25 bits per heavy atom. The van der Waals surface area contributed by atoms with Gasteiger partial charge in [0, 0.05) is 25.3 Å². The lowest BCUT2D eigenvalue weighted by Gasteiger charge is -2.39. The number of ether oxygens (including phenoxy) is 1. The van der Waals surface area contributed by atoms with Gasteiger partial charge in [-0.1, -0.05) is 11.6 Å². The molecule has 1 aromatic rings. The highest BCUT2D eigenvalue weighted by molar-refractivity contribution is 6.34. The van der Waals surface area contributed by atoms with Crippen LogP contribution in [0, 0.1) is 5.92 Å². The zero-order valence-electron chi connectivity index (χ0n) is 17.0. The van der Waals surface area contributed by atoms with Gasteiger partial charge in [-0.25, -0.2) is 4.79 Å². The van der Waals surface area contributed by atoms with Crippen molar-refractivity contribution >= 4 is 35.2 Å². The molecule has 0 bridgehead atoms. The van der Waals surface area contributed by atoms with Crippen molar-refractivity contribution in [2.75, 3.05) is 18.9 Å². The van der Waals surface area contributed by atoms with E-state index in [9.17, 15) is 14.4 Å². The maximum absolute atomic E-state index is 12.8. The molecule has 8 heteroatoms. The Morgan fingerprint density at radius 3 is 2.50 bits per heavy atom. The number of nitrogens with zero attached hydrogens (tertiary/aromatic N) is 1. The lowest BCUT2D eigenvalue weighted by molar-refractivity contribution is -0.123. The number of piperidine rings is 1. The number of carbonyl (C=O) groups excluding carboxylic acids is 3. The molecule has 1 saturated heterocycles. The first-order chi connectivity index (χ1) is 13.0. The van der Waals surface area contributed by atoms with Crippen LogP contribution in [0.3, 0.4) is 0 Å². The monoisotopic (exact) mass is 409 g/mol. The van der Waals surface area contributed by atoms with Crippen molar-refractivity contribution in [3.63, 3.8) is 0 Å². The van der Waals surface area contributed by atoms with Crippen molar-refractivity contribution in [2.24, 2.45) is 5.92 Å². The third-order valence-electron chi connectivity index (χ3n) is 4.66. The predicted octanol–water partition coefficient (Wildman–Crippen LogP) is 3.67. The molecular formula is C20H28ClN3O4. The molecule has 1 heterocycles. The van der Waals surface area contributed by atoms with Gasteiger partial charge in [0.15, 0.2) is 0 Å². The Labute approximate surface area is 170 Å². The van der Waals surface area contributed by atoms with Gasteiger partial charge in [0.2, 0.25) is 5.91 Å². The van der Waals surface area contributed by atoms with Crippen LogP contribution < -0.4 is 10.6 Å². The van der Waals surface area contributed by atoms with Gasteiger partial charge < -0.3 is 20.3 Å². The molecule has 0 aliphatic carbocycles. The van der Waals surface area contributed by atoms with Crippen LogP contribution in [0.5, 0.6) is 0 Å². The second kappa shape index (κ2) is 8.82. The van der Waals surface area contributed by atoms with E-state index < -0.39 is 11.7 Å². The highest BCUT2D eigenvalue weighted by atomic mass is 35.5. The van der Waals surface area contributed by atoms with Gasteiger partial charge in [-0.3, -0.25) is 9.59 Å². The summed E-state index contributed by atoms with van der Waals surface area (Å²) in [6.07, 6.45) is 0.990. The summed E-state index contributed by atoms with van der Waals surface area (Å²) >= 11 is 6.15. The third-order valence-corrected chi connectivity index (χ3v) is 4.97. The molecule has 1 aromatic carbocycles. The highest BCUT2D eigenvalue weighted by Crippen LogP contribution is 2.28. The van der Waals surface area contributed by atoms with Crippen molar-refractivity contribution in [1.29, 1.82) is 0 Å². The van der Waals surface area contributed by atoms with Gasteiger partial charge in [0.05, 0.1) is 16.5 Å². The van der Waals surface area contributed by atoms with E-state index in [1.54, 1.807) is 23.1 Å². The van der Waals surface area contributed by atoms with E-state index in [1.165, 1.54) is 7.05 Å². The van der Waals surface area contributed by atoms with Gasteiger partial charge in [0.25, 0.3) is 5.91 Å². The summed E-state index contributed by atoms with van der Waals surface area (Å²) < 4.78 is 5.46. The average molecular weight is 410 g/mol. The Morgan fingerprint density at radius 2 is 1.93 bits per heavy atom. The molecule has 1 aliphatic rings. The first kappa shape index (κ1) is 22.0. The SMILES string of the molecule is CNC(=O)c1ccc(NC(=O)[C@@H]2CCCN(C(=O)OC(C)(C)C)[C@H]2C)cc1Cl. The van der Waals surface area contributed by atoms with Gasteiger partial charge >= 0.3 is 6.09 Å². The Balaban J connectivity index is 2.08. The lowest BCUT2D eigenvalue weighted by atomic mass is 9.89. The normalized spacial score (nSPS) is 19.7. The van der Waals surface area contributed by atoms with Crippen LogP contribution in [0.1, 0.15) is 50.9 Å². The molecule has 0 spiro atoms. The molecule has 0 unspecified atom stereocenters. The van der Waals surface area contributed by atoms with E-state index in [0.717, 1.165) is 6.42 Å². The molecule has 3 amide bonds. The predicted molar refractivity (Wildman–Crippen MR) is 109 cm³/mol. The summed E-state index contributed by atoms with van der Waals surface area (Å²) in [5, 5.41) is 5.61. The van der Waals surface area contributed by atoms with Crippen LogP contribution in [0.4, 0.5) is 10.5 Å². The molecule has 0 radical (unpaired) electrons. The number of hydrogen-bond donors (Lipinski definition) is 2. The zero-order chi connectivity index (χ0) is 21.1. The minimum atomic E-state index is -0.588. The van der Waals surface area contributed by atoms with Crippen LogP contribution in [-0.4, -0.2) is 48.0 Å². The zero-order valence-corrected chi connectivity index (χ0v) is 17.7. The van der Waals surface area contributed by atoms with E-state index in [4.69, 9.17) is 16.3 Å². The molecule has 0 saturated carbocycles. The fourth-order valence-corrected chi connectivity index (χ4v) is 3.48. The van der Waals surface area contributed by atoms with Crippen molar-refractivity contribution < 1.29 is 19.1 Å². The first-order valence-corrected chi connectivity index (χ1v) is 9.73. The third kappa shape index (κ3) is 5.38. The van der Waals surface area contributed by atoms with Crippen molar-refractivity contribution in [2.45, 2.75) is 52.2 Å². The van der Waals surface area contributed by atoms with Crippen molar-refractivity contribution in [3.8, 4) is 0 Å². The van der Waals surface area contributed by atoms with E-state index in [0.29, 0.717) is 24.2 Å². The molecule has 28 heavy (non-hydrogen) atoms. The van der Waals surface area contributed by atoms with Crippen LogP contribution in [0.15, 0.2) is 18.2 Å². The smallest absolute Gasteiger partial charge is 0.410 e. The first-order valence-electron chi connectivity index (χ1n) is 9.35. The summed E-state index contributed by atoms with van der Waals surface area (Å²) in [4.78, 5) is 38.6. The van der Waals surface area contributed by atoms with Crippen LogP contribution in [0.25, 0.3) is 0 Å². The van der Waals surface area contributed by atoms with Gasteiger partial charge in [0.1, 0.15) is 5.60 Å². The van der Waals surface area contributed by atoms with Crippen LogP contribution in [0.2, 0.25) is 5.02 Å². The summed E-state index contributed by atoms with van der Waals surface area (Å²) in [5.74, 6) is -0.847. The fraction of sp³-hybridized carbons (Fsp3) is 0.550. The molecular weight excluding hydrogens is 382 g/mol. The number of anilines is 1. The van der Waals surface area contributed by atoms with Crippen LogP contribution >= 0.6 is 11.6 Å². The molecule has 2 rings (SSSR count). The van der Waals surface area contributed by atoms with Crippen molar-refractivity contribution in [1.82, 2.24) is 10.2 Å². The summed E-state index contributed by atoms with van der Waals surface area (Å²) in [5.41, 5.74) is 0.253. The number of likely N-dealkylation sites (tertiary alicyclic amines) is 1. The minimum Gasteiger partial charge on any atom is -0.444 e. The highest BCUT2D eigenvalue weighted by Gasteiger charge is 2.37. The van der Waals surface area contributed by atoms with Gasteiger partial charge in [-0.2, -0.15) is 0 Å². The Bertz CT molecular complexity index is 760. The number of hydrogen-bond acceptors (Lipinski definition) is 4. The minimum absolute atomic E-state index is 0.190. The Kier molecular flexibility index (Phi) is 6.93. The number of nitrogens with one attached hydrogen (secondary N) is 2.